The minimum atomic E-state index is 0.417. The molecule has 0 aromatic heterocycles. The predicted molar refractivity (Wildman–Crippen MR) is 88.4 cm³/mol. The Hall–Kier alpha value is -0.920. The van der Waals surface area contributed by atoms with Gasteiger partial charge < -0.3 is 0 Å². The van der Waals surface area contributed by atoms with Crippen molar-refractivity contribution in [1.29, 1.82) is 0 Å². The Morgan fingerprint density at radius 2 is 1.84 bits per heavy atom. The first-order chi connectivity index (χ1) is 9.24. The van der Waals surface area contributed by atoms with Gasteiger partial charge in [0, 0.05) is 18.3 Å². The van der Waals surface area contributed by atoms with E-state index in [0.717, 1.165) is 25.7 Å². The maximum atomic E-state index is 4.81. The number of aliphatic imine (C=N–C) groups is 2. The molecule has 0 saturated carbocycles. The van der Waals surface area contributed by atoms with Crippen LogP contribution < -0.4 is 0 Å². The molecular weight excluding hydrogens is 232 g/mol. The normalized spacial score (nSPS) is 16.4. The molecular formula is C17H32N2. The molecule has 0 N–H and O–H groups in total. The number of hydrogen-bond acceptors (Lipinski definition) is 2. The number of rotatable bonds is 10. The third kappa shape index (κ3) is 7.29. The summed E-state index contributed by atoms with van der Waals surface area (Å²) in [4.78, 5) is 9.11. The summed E-state index contributed by atoms with van der Waals surface area (Å²) in [6, 6.07) is 0.417. The first-order valence-electron chi connectivity index (χ1n) is 7.93. The molecule has 0 aromatic carbocycles. The Balaban J connectivity index is 4.79. The van der Waals surface area contributed by atoms with Crippen molar-refractivity contribution in [3.8, 4) is 0 Å². The van der Waals surface area contributed by atoms with Gasteiger partial charge in [0.2, 0.25) is 0 Å². The molecule has 2 unspecified atom stereocenters. The summed E-state index contributed by atoms with van der Waals surface area (Å²) in [5, 5.41) is 0. The summed E-state index contributed by atoms with van der Waals surface area (Å²) in [7, 11) is 0. The molecule has 110 valence electrons. The minimum Gasteiger partial charge on any atom is -0.294 e. The Kier molecular flexibility index (Phi) is 11.5. The molecule has 0 aliphatic heterocycles. The number of hydrogen-bond donors (Lipinski definition) is 0. The van der Waals surface area contributed by atoms with Crippen LogP contribution in [0.4, 0.5) is 0 Å². The first kappa shape index (κ1) is 18.1. The molecule has 0 radical (unpaired) electrons. The van der Waals surface area contributed by atoms with E-state index in [0.29, 0.717) is 12.0 Å². The van der Waals surface area contributed by atoms with Crippen LogP contribution in [0.3, 0.4) is 0 Å². The van der Waals surface area contributed by atoms with Gasteiger partial charge in [0.05, 0.1) is 6.04 Å². The molecule has 0 aliphatic rings. The average molecular weight is 264 g/mol. The molecule has 19 heavy (non-hydrogen) atoms. The van der Waals surface area contributed by atoms with E-state index >= 15 is 0 Å². The first-order valence-corrected chi connectivity index (χ1v) is 7.93. The topological polar surface area (TPSA) is 24.7 Å². The van der Waals surface area contributed by atoms with E-state index in [2.05, 4.69) is 38.9 Å². The highest BCUT2D eigenvalue weighted by atomic mass is 14.8. The fourth-order valence-electron chi connectivity index (χ4n) is 2.40. The van der Waals surface area contributed by atoms with Gasteiger partial charge in [-0.1, -0.05) is 34.1 Å². The molecule has 0 amide bonds. The van der Waals surface area contributed by atoms with E-state index in [1.54, 1.807) is 0 Å². The van der Waals surface area contributed by atoms with Crippen molar-refractivity contribution in [2.75, 3.05) is 0 Å². The maximum absolute atomic E-state index is 4.81. The van der Waals surface area contributed by atoms with Crippen molar-refractivity contribution in [2.24, 2.45) is 15.9 Å². The summed E-state index contributed by atoms with van der Waals surface area (Å²) in [5.41, 5.74) is 1.43. The highest BCUT2D eigenvalue weighted by Crippen LogP contribution is 2.26. The third-order valence-electron chi connectivity index (χ3n) is 3.58. The second-order valence-electron chi connectivity index (χ2n) is 4.93. The lowest BCUT2D eigenvalue weighted by Crippen LogP contribution is -2.19. The SMILES string of the molecule is CC=NC=C(CC)C(CC)C(CC)N=CCCCC. The van der Waals surface area contributed by atoms with Crippen molar-refractivity contribution in [3.05, 3.63) is 11.8 Å². The van der Waals surface area contributed by atoms with Crippen LogP contribution in [0.15, 0.2) is 21.8 Å². The summed E-state index contributed by atoms with van der Waals surface area (Å²) in [6.07, 6.45) is 12.9. The van der Waals surface area contributed by atoms with Crippen LogP contribution in [0, 0.1) is 5.92 Å². The highest BCUT2D eigenvalue weighted by Gasteiger charge is 2.20. The molecule has 0 aliphatic carbocycles. The summed E-state index contributed by atoms with van der Waals surface area (Å²) >= 11 is 0. The zero-order valence-electron chi connectivity index (χ0n) is 13.5. The molecule has 0 heterocycles. The van der Waals surface area contributed by atoms with Gasteiger partial charge in [-0.25, -0.2) is 0 Å². The lowest BCUT2D eigenvalue weighted by molar-refractivity contribution is 0.447. The van der Waals surface area contributed by atoms with Crippen molar-refractivity contribution in [2.45, 2.75) is 79.2 Å². The van der Waals surface area contributed by atoms with E-state index in [1.165, 1.54) is 18.4 Å². The fourth-order valence-corrected chi connectivity index (χ4v) is 2.40. The lowest BCUT2D eigenvalue weighted by Gasteiger charge is -2.24. The monoisotopic (exact) mass is 264 g/mol. The van der Waals surface area contributed by atoms with Crippen LogP contribution in [0.1, 0.15) is 73.1 Å². The van der Waals surface area contributed by atoms with Crippen molar-refractivity contribution < 1.29 is 0 Å². The van der Waals surface area contributed by atoms with Gasteiger partial charge >= 0.3 is 0 Å². The lowest BCUT2D eigenvalue weighted by atomic mass is 9.87. The van der Waals surface area contributed by atoms with Crippen LogP contribution in [-0.4, -0.2) is 18.5 Å². The van der Waals surface area contributed by atoms with E-state index < -0.39 is 0 Å². The fraction of sp³-hybridized carbons (Fsp3) is 0.765. The molecule has 0 rings (SSSR count). The van der Waals surface area contributed by atoms with E-state index in [-0.39, 0.29) is 0 Å². The van der Waals surface area contributed by atoms with Crippen LogP contribution in [0.25, 0.3) is 0 Å². The van der Waals surface area contributed by atoms with Gasteiger partial charge in [-0.15, -0.1) is 0 Å². The number of nitrogens with zero attached hydrogens (tertiary/aromatic N) is 2. The Morgan fingerprint density at radius 1 is 1.11 bits per heavy atom. The summed E-state index contributed by atoms with van der Waals surface area (Å²) in [6.45, 7) is 10.9. The maximum Gasteiger partial charge on any atom is 0.0558 e. The average Bonchev–Trinajstić information content (AvgIpc) is 2.45. The van der Waals surface area contributed by atoms with Gasteiger partial charge in [0.25, 0.3) is 0 Å². The minimum absolute atomic E-state index is 0.417. The van der Waals surface area contributed by atoms with Gasteiger partial charge in [0.15, 0.2) is 0 Å². The van der Waals surface area contributed by atoms with Crippen molar-refractivity contribution in [3.63, 3.8) is 0 Å². The van der Waals surface area contributed by atoms with Crippen LogP contribution in [0.5, 0.6) is 0 Å². The second kappa shape index (κ2) is 12.1. The van der Waals surface area contributed by atoms with Gasteiger partial charge in [-0.3, -0.25) is 9.98 Å². The molecule has 2 nitrogen and oxygen atoms in total. The Labute approximate surface area is 120 Å². The standard InChI is InChI=1S/C17H32N2/c1-6-11-12-13-19-17(9-4)16(8-3)15(7-2)14-18-10-5/h10,13-14,16-17H,6-9,11-12H2,1-5H3. The quantitative estimate of drug-likeness (QED) is 0.371. The van der Waals surface area contributed by atoms with Crippen LogP contribution >= 0.6 is 0 Å². The van der Waals surface area contributed by atoms with E-state index in [4.69, 9.17) is 4.99 Å². The molecule has 0 bridgehead atoms. The zero-order chi connectivity index (χ0) is 14.5. The van der Waals surface area contributed by atoms with E-state index in [1.807, 2.05) is 19.3 Å². The largest absolute Gasteiger partial charge is 0.294 e. The molecule has 0 saturated heterocycles. The Bertz CT molecular complexity index is 290. The molecule has 2 heteroatoms. The molecule has 2 atom stereocenters. The van der Waals surface area contributed by atoms with Gasteiger partial charge in [-0.2, -0.15) is 0 Å². The summed E-state index contributed by atoms with van der Waals surface area (Å²) in [5.74, 6) is 0.538. The van der Waals surface area contributed by atoms with Crippen molar-refractivity contribution in [1.82, 2.24) is 0 Å². The second-order valence-corrected chi connectivity index (χ2v) is 4.93. The summed E-state index contributed by atoms with van der Waals surface area (Å²) < 4.78 is 0. The molecule has 0 fully saturated rings. The van der Waals surface area contributed by atoms with Crippen LogP contribution in [0.2, 0.25) is 0 Å². The highest BCUT2D eigenvalue weighted by molar-refractivity contribution is 5.57. The van der Waals surface area contributed by atoms with Crippen molar-refractivity contribution >= 4 is 12.4 Å². The van der Waals surface area contributed by atoms with E-state index in [9.17, 15) is 0 Å². The van der Waals surface area contributed by atoms with Crippen LogP contribution in [-0.2, 0) is 0 Å². The smallest absolute Gasteiger partial charge is 0.0558 e. The third-order valence-corrected chi connectivity index (χ3v) is 3.58. The zero-order valence-corrected chi connectivity index (χ0v) is 13.5. The van der Waals surface area contributed by atoms with Gasteiger partial charge in [-0.05, 0) is 50.8 Å². The molecule has 0 aromatic rings. The predicted octanol–water partition coefficient (Wildman–Crippen LogP) is 5.44. The molecule has 0 spiro atoms. The van der Waals surface area contributed by atoms with Gasteiger partial charge in [0.1, 0.15) is 0 Å². The Morgan fingerprint density at radius 3 is 2.32 bits per heavy atom. The number of unbranched alkanes of at least 4 members (excludes halogenated alkanes) is 2.